The highest BCUT2D eigenvalue weighted by molar-refractivity contribution is 6.24. The van der Waals surface area contributed by atoms with Gasteiger partial charge in [0.15, 0.2) is 0 Å². The molecule has 0 atom stereocenters. The third kappa shape index (κ3) is 8.36. The van der Waals surface area contributed by atoms with Crippen molar-refractivity contribution in [1.82, 2.24) is 20.3 Å². The number of hydrogen-bond acceptors (Lipinski definition) is 11. The number of aromatic nitrogens is 3. The molecule has 2 heterocycles. The van der Waals surface area contributed by atoms with Gasteiger partial charge in [0.1, 0.15) is 12.4 Å². The summed E-state index contributed by atoms with van der Waals surface area (Å²) in [4.78, 5) is 43.7. The minimum atomic E-state index is -0.615. The van der Waals surface area contributed by atoms with Gasteiger partial charge in [-0.2, -0.15) is 15.0 Å². The first kappa shape index (κ1) is 24.3. The lowest BCUT2D eigenvalue weighted by Crippen LogP contribution is -2.60. The van der Waals surface area contributed by atoms with E-state index in [0.29, 0.717) is 0 Å². The van der Waals surface area contributed by atoms with Crippen LogP contribution in [0.25, 0.3) is 0 Å². The fourth-order valence-electron chi connectivity index (χ4n) is 3.72. The normalized spacial score (nSPS) is 18.3. The van der Waals surface area contributed by atoms with E-state index in [0.717, 1.165) is 25.3 Å². The third-order valence-corrected chi connectivity index (χ3v) is 4.28. The number of ether oxygens (including phenoxy) is 2. The van der Waals surface area contributed by atoms with Gasteiger partial charge in [-0.3, -0.25) is 0 Å². The number of rotatable bonds is 8. The largest absolute Gasteiger partial charge is 0.462 e. The lowest BCUT2D eigenvalue weighted by molar-refractivity contribution is -0.135. The van der Waals surface area contributed by atoms with Gasteiger partial charge in [0.2, 0.25) is 5.95 Å². The van der Waals surface area contributed by atoms with Crippen molar-refractivity contribution in [2.45, 2.75) is 71.5 Å². The quantitative estimate of drug-likeness (QED) is 0.466. The van der Waals surface area contributed by atoms with Gasteiger partial charge < -0.3 is 20.1 Å². The number of carbonyl (C=O) groups excluding carboxylic acids is 2. The van der Waals surface area contributed by atoms with Crippen LogP contribution in [0.5, 0.6) is 0 Å². The van der Waals surface area contributed by atoms with Crippen LogP contribution in [-0.4, -0.2) is 69.7 Å². The van der Waals surface area contributed by atoms with Crippen LogP contribution in [0.15, 0.2) is 9.98 Å². The molecule has 1 aliphatic heterocycles. The molecular formula is C20H31N7O4. The van der Waals surface area contributed by atoms with Crippen LogP contribution in [0, 0.1) is 0 Å². The molecule has 0 amide bonds. The number of hydrogen-bond donors (Lipinski definition) is 2. The number of anilines is 1. The fraction of sp³-hybridized carbons (Fsp3) is 0.650. The number of nitrogens with one attached hydrogen (secondary N) is 2. The SMILES string of the molecule is CCOC(=O)C=Nc1nc(N=CC(=O)OCC)nc(NC2CC(C)(C)NC(C)(C)C2)n1. The summed E-state index contributed by atoms with van der Waals surface area (Å²) in [5.74, 6) is -1.05. The van der Waals surface area contributed by atoms with E-state index in [2.05, 4.69) is 63.3 Å². The van der Waals surface area contributed by atoms with Gasteiger partial charge in [0, 0.05) is 17.1 Å². The van der Waals surface area contributed by atoms with Gasteiger partial charge in [-0.15, -0.1) is 0 Å². The molecule has 0 saturated carbocycles. The van der Waals surface area contributed by atoms with Crippen LogP contribution >= 0.6 is 0 Å². The highest BCUT2D eigenvalue weighted by Gasteiger charge is 2.37. The second-order valence-electron chi connectivity index (χ2n) is 8.42. The number of nitrogens with zero attached hydrogens (tertiary/aromatic N) is 5. The van der Waals surface area contributed by atoms with Crippen LogP contribution in [0.1, 0.15) is 54.4 Å². The highest BCUT2D eigenvalue weighted by atomic mass is 16.5. The molecule has 11 heteroatoms. The van der Waals surface area contributed by atoms with E-state index in [9.17, 15) is 9.59 Å². The topological polar surface area (TPSA) is 140 Å². The number of esters is 2. The van der Waals surface area contributed by atoms with Crippen molar-refractivity contribution in [2.24, 2.45) is 9.98 Å². The Morgan fingerprint density at radius 2 is 1.42 bits per heavy atom. The highest BCUT2D eigenvalue weighted by Crippen LogP contribution is 2.30. The minimum absolute atomic E-state index is 0.0333. The van der Waals surface area contributed by atoms with E-state index in [1.165, 1.54) is 0 Å². The molecular weight excluding hydrogens is 402 g/mol. The molecule has 1 saturated heterocycles. The van der Waals surface area contributed by atoms with Crippen LogP contribution in [0.4, 0.5) is 17.8 Å². The Hall–Kier alpha value is -2.95. The zero-order valence-electron chi connectivity index (χ0n) is 18.9. The Balaban J connectivity index is 2.29. The van der Waals surface area contributed by atoms with Gasteiger partial charge in [-0.25, -0.2) is 19.6 Å². The van der Waals surface area contributed by atoms with Crippen LogP contribution < -0.4 is 10.6 Å². The molecule has 1 aliphatic rings. The zero-order valence-corrected chi connectivity index (χ0v) is 18.9. The van der Waals surface area contributed by atoms with Crippen molar-refractivity contribution in [3.8, 4) is 0 Å². The summed E-state index contributed by atoms with van der Waals surface area (Å²) >= 11 is 0. The van der Waals surface area contributed by atoms with Crippen LogP contribution in [0.2, 0.25) is 0 Å². The van der Waals surface area contributed by atoms with Crippen molar-refractivity contribution in [2.75, 3.05) is 18.5 Å². The van der Waals surface area contributed by atoms with Crippen LogP contribution in [-0.2, 0) is 19.1 Å². The maximum atomic E-state index is 11.6. The lowest BCUT2D eigenvalue weighted by Gasteiger charge is -2.46. The first-order valence-corrected chi connectivity index (χ1v) is 10.3. The Kier molecular flexibility index (Phi) is 8.14. The van der Waals surface area contributed by atoms with E-state index in [1.54, 1.807) is 13.8 Å². The first-order chi connectivity index (χ1) is 14.5. The summed E-state index contributed by atoms with van der Waals surface area (Å²) in [6, 6.07) is 0.0809. The van der Waals surface area contributed by atoms with Gasteiger partial charge in [0.05, 0.1) is 13.2 Å². The van der Waals surface area contributed by atoms with Crippen molar-refractivity contribution in [3.63, 3.8) is 0 Å². The molecule has 11 nitrogen and oxygen atoms in total. The fourth-order valence-corrected chi connectivity index (χ4v) is 3.72. The molecule has 1 aromatic heterocycles. The van der Waals surface area contributed by atoms with Crippen molar-refractivity contribution >= 4 is 42.2 Å². The maximum Gasteiger partial charge on any atom is 0.349 e. The molecule has 170 valence electrons. The summed E-state index contributed by atoms with van der Waals surface area (Å²) in [5.41, 5.74) is -0.162. The lowest BCUT2D eigenvalue weighted by atomic mass is 9.80. The summed E-state index contributed by atoms with van der Waals surface area (Å²) in [6.07, 6.45) is 3.65. The Morgan fingerprint density at radius 3 is 1.84 bits per heavy atom. The molecule has 0 bridgehead atoms. The molecule has 0 aromatic carbocycles. The predicted octanol–water partition coefficient (Wildman–Crippen LogP) is 2.12. The molecule has 0 radical (unpaired) electrons. The van der Waals surface area contributed by atoms with Gasteiger partial charge in [-0.1, -0.05) is 0 Å². The molecule has 1 aromatic rings. The molecule has 1 fully saturated rings. The average Bonchev–Trinajstić information content (AvgIpc) is 2.62. The average molecular weight is 434 g/mol. The van der Waals surface area contributed by atoms with Gasteiger partial charge in [-0.05, 0) is 54.4 Å². The second kappa shape index (κ2) is 10.4. The predicted molar refractivity (Wildman–Crippen MR) is 117 cm³/mol. The minimum Gasteiger partial charge on any atom is -0.462 e. The third-order valence-electron chi connectivity index (χ3n) is 4.28. The summed E-state index contributed by atoms with van der Waals surface area (Å²) in [6.45, 7) is 12.4. The standard InChI is InChI=1S/C20H31N7O4/c1-7-30-14(28)11-21-16-24-17(22-12-15(29)31-8-2)26-18(25-16)23-13-9-19(3,4)27-20(5,6)10-13/h11-13,27H,7-10H2,1-6H3,(H,23,24,25,26). The zero-order chi connectivity index (χ0) is 23.1. The van der Waals surface area contributed by atoms with Gasteiger partial charge in [0.25, 0.3) is 11.9 Å². The van der Waals surface area contributed by atoms with E-state index >= 15 is 0 Å². The molecule has 2 N–H and O–H groups in total. The number of piperidine rings is 1. The second-order valence-corrected chi connectivity index (χ2v) is 8.42. The van der Waals surface area contributed by atoms with E-state index in [-0.39, 0.29) is 48.2 Å². The maximum absolute atomic E-state index is 11.6. The molecule has 31 heavy (non-hydrogen) atoms. The smallest absolute Gasteiger partial charge is 0.349 e. The first-order valence-electron chi connectivity index (χ1n) is 10.3. The Labute approximate surface area is 182 Å². The Morgan fingerprint density at radius 1 is 0.968 bits per heavy atom. The Bertz CT molecular complexity index is 790. The number of carbonyl (C=O) groups is 2. The van der Waals surface area contributed by atoms with E-state index in [1.807, 2.05) is 0 Å². The van der Waals surface area contributed by atoms with Gasteiger partial charge >= 0.3 is 11.9 Å². The van der Waals surface area contributed by atoms with Crippen LogP contribution in [0.3, 0.4) is 0 Å². The number of aliphatic imine (C=N–C) groups is 2. The van der Waals surface area contributed by atoms with Crippen molar-refractivity contribution in [3.05, 3.63) is 0 Å². The van der Waals surface area contributed by atoms with Crippen molar-refractivity contribution < 1.29 is 19.1 Å². The van der Waals surface area contributed by atoms with E-state index < -0.39 is 11.9 Å². The molecule has 0 unspecified atom stereocenters. The monoisotopic (exact) mass is 433 g/mol. The summed E-state index contributed by atoms with van der Waals surface area (Å²) < 4.78 is 9.65. The van der Waals surface area contributed by atoms with Crippen molar-refractivity contribution in [1.29, 1.82) is 0 Å². The summed E-state index contributed by atoms with van der Waals surface area (Å²) in [7, 11) is 0. The molecule has 0 spiro atoms. The molecule has 2 rings (SSSR count). The van der Waals surface area contributed by atoms with E-state index in [4.69, 9.17) is 9.47 Å². The summed E-state index contributed by atoms with van der Waals surface area (Å²) in [5, 5.41) is 6.93. The molecule has 0 aliphatic carbocycles.